The minimum absolute atomic E-state index is 0.103. The summed E-state index contributed by atoms with van der Waals surface area (Å²) < 4.78 is 23.5. The molecule has 2 aromatic rings. The monoisotopic (exact) mass is 456 g/mol. The number of amides is 2. The highest BCUT2D eigenvalue weighted by molar-refractivity contribution is 7.91. The fraction of sp³-hybridized carbons (Fsp3) is 0.391. The van der Waals surface area contributed by atoms with Gasteiger partial charge in [0.25, 0.3) is 5.91 Å². The van der Waals surface area contributed by atoms with E-state index in [1.54, 1.807) is 36.4 Å². The highest BCUT2D eigenvalue weighted by atomic mass is 32.2. The Morgan fingerprint density at radius 1 is 0.906 bits per heavy atom. The van der Waals surface area contributed by atoms with Crippen LogP contribution in [0.1, 0.15) is 16.8 Å². The Labute approximate surface area is 188 Å². The molecule has 2 fully saturated rings. The number of carbonyl (C=O) groups is 2. The lowest BCUT2D eigenvalue weighted by molar-refractivity contribution is -0.117. The predicted molar refractivity (Wildman–Crippen MR) is 125 cm³/mol. The highest BCUT2D eigenvalue weighted by Crippen LogP contribution is 2.20. The van der Waals surface area contributed by atoms with E-state index >= 15 is 0 Å². The van der Waals surface area contributed by atoms with Crippen LogP contribution in [0.5, 0.6) is 0 Å². The van der Waals surface area contributed by atoms with E-state index in [0.717, 1.165) is 13.1 Å². The minimum Gasteiger partial charge on any atom is -0.324 e. The van der Waals surface area contributed by atoms with Crippen LogP contribution in [0.2, 0.25) is 0 Å². The van der Waals surface area contributed by atoms with Crippen molar-refractivity contribution in [3.63, 3.8) is 0 Å². The summed E-state index contributed by atoms with van der Waals surface area (Å²) in [6.45, 7) is 3.15. The van der Waals surface area contributed by atoms with E-state index < -0.39 is 9.84 Å². The summed E-state index contributed by atoms with van der Waals surface area (Å²) in [5.41, 5.74) is 1.56. The quantitative estimate of drug-likeness (QED) is 0.686. The summed E-state index contributed by atoms with van der Waals surface area (Å²) in [4.78, 5) is 29.6. The third kappa shape index (κ3) is 5.73. The van der Waals surface area contributed by atoms with Crippen LogP contribution in [0, 0.1) is 0 Å². The highest BCUT2D eigenvalue weighted by Gasteiger charge is 2.33. The summed E-state index contributed by atoms with van der Waals surface area (Å²) in [7, 11) is -2.90. The molecule has 1 atom stereocenters. The van der Waals surface area contributed by atoms with Gasteiger partial charge in [0.1, 0.15) is 0 Å². The maximum atomic E-state index is 12.7. The zero-order valence-corrected chi connectivity index (χ0v) is 18.7. The van der Waals surface area contributed by atoms with Gasteiger partial charge >= 0.3 is 0 Å². The van der Waals surface area contributed by atoms with Gasteiger partial charge in [0.15, 0.2) is 9.84 Å². The molecule has 2 amide bonds. The largest absolute Gasteiger partial charge is 0.324 e. The molecule has 0 bridgehead atoms. The van der Waals surface area contributed by atoms with Crippen molar-refractivity contribution in [3.05, 3.63) is 60.2 Å². The van der Waals surface area contributed by atoms with Crippen LogP contribution in [-0.4, -0.2) is 80.3 Å². The molecule has 0 aromatic heterocycles. The molecule has 8 nitrogen and oxygen atoms in total. The fourth-order valence-corrected chi connectivity index (χ4v) is 6.01. The molecule has 2 heterocycles. The Balaban J connectivity index is 1.30. The number of anilines is 2. The number of carbonyl (C=O) groups excluding carboxylic acids is 2. The molecule has 0 saturated carbocycles. The molecule has 0 radical (unpaired) electrons. The Bertz CT molecular complexity index is 1070. The van der Waals surface area contributed by atoms with Gasteiger partial charge in [-0.3, -0.25) is 19.4 Å². The molecule has 32 heavy (non-hydrogen) atoms. The van der Waals surface area contributed by atoms with E-state index in [1.807, 2.05) is 18.2 Å². The normalized spacial score (nSPS) is 21.2. The van der Waals surface area contributed by atoms with E-state index in [2.05, 4.69) is 20.4 Å². The average Bonchev–Trinajstić information content (AvgIpc) is 3.15. The van der Waals surface area contributed by atoms with E-state index in [-0.39, 0.29) is 35.9 Å². The standard InChI is InChI=1S/C23H28N4O4S/c28-22(16-26-11-13-27(14-12-26)19-10-15-32(30,31)17-19)25-21-9-5-4-8-20(21)23(29)24-18-6-2-1-3-7-18/h1-9,19H,10-17H2,(H,24,29)(H,25,28)/t19-/m1/s1. The second-order valence-electron chi connectivity index (χ2n) is 8.28. The van der Waals surface area contributed by atoms with Gasteiger partial charge in [-0.05, 0) is 30.7 Å². The summed E-state index contributed by atoms with van der Waals surface area (Å²) in [6, 6.07) is 16.2. The number of nitrogens with one attached hydrogen (secondary N) is 2. The van der Waals surface area contributed by atoms with Gasteiger partial charge in [0, 0.05) is 37.9 Å². The van der Waals surface area contributed by atoms with Gasteiger partial charge in [0.05, 0.1) is 29.3 Å². The van der Waals surface area contributed by atoms with Crippen LogP contribution in [0.3, 0.4) is 0 Å². The lowest BCUT2D eigenvalue weighted by Crippen LogP contribution is -2.52. The Morgan fingerprint density at radius 2 is 1.59 bits per heavy atom. The number of benzene rings is 2. The van der Waals surface area contributed by atoms with Crippen molar-refractivity contribution in [3.8, 4) is 0 Å². The summed E-state index contributed by atoms with van der Waals surface area (Å²) in [5.74, 6) is 0.0569. The SMILES string of the molecule is O=C(CN1CCN([C@@H]2CCS(=O)(=O)C2)CC1)Nc1ccccc1C(=O)Nc1ccccc1. The van der Waals surface area contributed by atoms with Crippen molar-refractivity contribution in [1.29, 1.82) is 0 Å². The van der Waals surface area contributed by atoms with Gasteiger partial charge in [0.2, 0.25) is 5.91 Å². The van der Waals surface area contributed by atoms with Crippen LogP contribution >= 0.6 is 0 Å². The number of hydrogen-bond acceptors (Lipinski definition) is 6. The first kappa shape index (κ1) is 22.4. The van der Waals surface area contributed by atoms with E-state index in [9.17, 15) is 18.0 Å². The van der Waals surface area contributed by atoms with Crippen molar-refractivity contribution in [2.75, 3.05) is 54.9 Å². The van der Waals surface area contributed by atoms with Gasteiger partial charge in [-0.2, -0.15) is 0 Å². The van der Waals surface area contributed by atoms with Crippen molar-refractivity contribution < 1.29 is 18.0 Å². The van der Waals surface area contributed by atoms with Crippen LogP contribution in [0.25, 0.3) is 0 Å². The molecular weight excluding hydrogens is 428 g/mol. The van der Waals surface area contributed by atoms with E-state index in [1.165, 1.54) is 0 Å². The molecular formula is C23H28N4O4S. The smallest absolute Gasteiger partial charge is 0.257 e. The van der Waals surface area contributed by atoms with Crippen LogP contribution in [-0.2, 0) is 14.6 Å². The first-order valence-electron chi connectivity index (χ1n) is 10.8. The lowest BCUT2D eigenvalue weighted by atomic mass is 10.1. The number of para-hydroxylation sites is 2. The van der Waals surface area contributed by atoms with Crippen LogP contribution < -0.4 is 10.6 Å². The van der Waals surface area contributed by atoms with Crippen molar-refractivity contribution >= 4 is 33.0 Å². The Hall–Kier alpha value is -2.75. The van der Waals surface area contributed by atoms with Crippen molar-refractivity contribution in [1.82, 2.24) is 9.80 Å². The summed E-state index contributed by atoms with van der Waals surface area (Å²) >= 11 is 0. The third-order valence-corrected chi connectivity index (χ3v) is 7.73. The van der Waals surface area contributed by atoms with E-state index in [4.69, 9.17) is 0 Å². The van der Waals surface area contributed by atoms with Crippen molar-refractivity contribution in [2.45, 2.75) is 12.5 Å². The average molecular weight is 457 g/mol. The maximum absolute atomic E-state index is 12.7. The zero-order valence-electron chi connectivity index (χ0n) is 17.9. The molecule has 2 N–H and O–H groups in total. The van der Waals surface area contributed by atoms with Gasteiger partial charge in [-0.15, -0.1) is 0 Å². The molecule has 0 spiro atoms. The van der Waals surface area contributed by atoms with Crippen LogP contribution in [0.4, 0.5) is 11.4 Å². The molecule has 2 aromatic carbocycles. The molecule has 2 aliphatic rings. The number of sulfone groups is 1. The maximum Gasteiger partial charge on any atom is 0.257 e. The number of piperazine rings is 1. The molecule has 9 heteroatoms. The first-order chi connectivity index (χ1) is 15.4. The first-order valence-corrected chi connectivity index (χ1v) is 12.6. The second kappa shape index (κ2) is 9.81. The number of nitrogens with zero attached hydrogens (tertiary/aromatic N) is 2. The van der Waals surface area contributed by atoms with Crippen LogP contribution in [0.15, 0.2) is 54.6 Å². The Morgan fingerprint density at radius 3 is 2.28 bits per heavy atom. The molecule has 0 aliphatic carbocycles. The molecule has 0 unspecified atom stereocenters. The minimum atomic E-state index is -2.90. The molecule has 4 rings (SSSR count). The second-order valence-corrected chi connectivity index (χ2v) is 10.5. The van der Waals surface area contributed by atoms with Gasteiger partial charge in [-0.25, -0.2) is 8.42 Å². The predicted octanol–water partition coefficient (Wildman–Crippen LogP) is 1.68. The molecule has 170 valence electrons. The zero-order chi connectivity index (χ0) is 22.6. The summed E-state index contributed by atoms with van der Waals surface area (Å²) in [5, 5.41) is 5.71. The van der Waals surface area contributed by atoms with Gasteiger partial charge in [-0.1, -0.05) is 30.3 Å². The molecule has 2 aliphatic heterocycles. The number of rotatable bonds is 6. The molecule has 2 saturated heterocycles. The van der Waals surface area contributed by atoms with Gasteiger partial charge < -0.3 is 10.6 Å². The number of hydrogen-bond donors (Lipinski definition) is 2. The lowest BCUT2D eigenvalue weighted by Gasteiger charge is -2.37. The van der Waals surface area contributed by atoms with Crippen molar-refractivity contribution in [2.24, 2.45) is 0 Å². The van der Waals surface area contributed by atoms with E-state index in [0.29, 0.717) is 36.4 Å². The summed E-state index contributed by atoms with van der Waals surface area (Å²) in [6.07, 6.45) is 0.699. The topological polar surface area (TPSA) is 98.8 Å². The Kier molecular flexibility index (Phi) is 6.88. The third-order valence-electron chi connectivity index (χ3n) is 5.98. The fourth-order valence-electron chi connectivity index (χ4n) is 4.25.